The zero-order chi connectivity index (χ0) is 17.8. The largest absolute Gasteiger partial charge is 0.458 e. The van der Waals surface area contributed by atoms with Crippen LogP contribution in [-0.2, 0) is 9.53 Å². The predicted octanol–water partition coefficient (Wildman–Crippen LogP) is 3.21. The number of urea groups is 1. The van der Waals surface area contributed by atoms with Crippen LogP contribution in [0.5, 0.6) is 0 Å². The molecule has 0 aliphatic heterocycles. The van der Waals surface area contributed by atoms with Crippen molar-refractivity contribution in [2.75, 3.05) is 11.9 Å². The number of carbonyl (C=O) groups is 2. The van der Waals surface area contributed by atoms with E-state index in [0.717, 1.165) is 0 Å². The Balaban J connectivity index is 2.57. The van der Waals surface area contributed by atoms with Crippen molar-refractivity contribution in [2.45, 2.75) is 38.9 Å². The quantitative estimate of drug-likeness (QED) is 0.717. The molecule has 0 aliphatic carbocycles. The highest BCUT2D eigenvalue weighted by molar-refractivity contribution is 6.42. The highest BCUT2D eigenvalue weighted by Gasteiger charge is 2.35. The fraction of sp³-hybridized carbons (Fsp3) is 0.467. The van der Waals surface area contributed by atoms with E-state index in [1.54, 1.807) is 26.8 Å². The molecule has 1 aromatic carbocycles. The molecule has 0 heterocycles. The summed E-state index contributed by atoms with van der Waals surface area (Å²) in [6.07, 6.45) is 0. The molecule has 0 radical (unpaired) electrons. The summed E-state index contributed by atoms with van der Waals surface area (Å²) < 4.78 is 5.09. The summed E-state index contributed by atoms with van der Waals surface area (Å²) in [7, 11) is 0. The lowest BCUT2D eigenvalue weighted by molar-refractivity contribution is -0.174. The Morgan fingerprint density at radius 3 is 2.30 bits per heavy atom. The SMILES string of the molecule is CC(C)(C)OC(=O)[C@@](C)(O)CNC(=O)Nc1ccc(Cl)c(Cl)c1. The van der Waals surface area contributed by atoms with Gasteiger partial charge in [-0.1, -0.05) is 23.2 Å². The minimum atomic E-state index is -1.84. The normalized spacial score (nSPS) is 13.9. The maximum atomic E-state index is 11.9. The van der Waals surface area contributed by atoms with E-state index in [2.05, 4.69) is 10.6 Å². The molecule has 8 heteroatoms. The molecule has 23 heavy (non-hydrogen) atoms. The van der Waals surface area contributed by atoms with E-state index < -0.39 is 23.2 Å². The second-order valence-electron chi connectivity index (χ2n) is 6.21. The first-order valence-corrected chi connectivity index (χ1v) is 7.62. The molecule has 1 rings (SSSR count). The van der Waals surface area contributed by atoms with E-state index in [-0.39, 0.29) is 6.54 Å². The lowest BCUT2D eigenvalue weighted by Crippen LogP contribution is -2.50. The Morgan fingerprint density at radius 2 is 1.78 bits per heavy atom. The van der Waals surface area contributed by atoms with Gasteiger partial charge in [-0.2, -0.15) is 0 Å². The summed E-state index contributed by atoms with van der Waals surface area (Å²) in [5.41, 5.74) is -2.15. The molecule has 2 amide bonds. The predicted molar refractivity (Wildman–Crippen MR) is 90.0 cm³/mol. The number of rotatable bonds is 4. The van der Waals surface area contributed by atoms with Gasteiger partial charge in [-0.05, 0) is 45.9 Å². The van der Waals surface area contributed by atoms with Crippen LogP contribution in [0.15, 0.2) is 18.2 Å². The Labute approximate surface area is 145 Å². The van der Waals surface area contributed by atoms with Crippen LogP contribution in [0.25, 0.3) is 0 Å². The van der Waals surface area contributed by atoms with Crippen LogP contribution in [0, 0.1) is 0 Å². The number of hydrogen-bond donors (Lipinski definition) is 3. The summed E-state index contributed by atoms with van der Waals surface area (Å²) >= 11 is 11.6. The fourth-order valence-corrected chi connectivity index (χ4v) is 1.76. The zero-order valence-corrected chi connectivity index (χ0v) is 14.9. The number of hydrogen-bond acceptors (Lipinski definition) is 4. The summed E-state index contributed by atoms with van der Waals surface area (Å²) in [5.74, 6) is -0.820. The lowest BCUT2D eigenvalue weighted by Gasteiger charge is -2.27. The van der Waals surface area contributed by atoms with Gasteiger partial charge in [0.15, 0.2) is 5.60 Å². The molecule has 0 fully saturated rings. The molecule has 0 aliphatic rings. The first kappa shape index (κ1) is 19.5. The standard InChI is InChI=1S/C15H20Cl2N2O4/c1-14(2,3)23-12(20)15(4,22)8-18-13(21)19-9-5-6-10(16)11(17)7-9/h5-7,22H,8H2,1-4H3,(H2,18,19,21)/t15-/m0/s1. The average Bonchev–Trinajstić information content (AvgIpc) is 2.39. The van der Waals surface area contributed by atoms with Gasteiger partial charge in [0.05, 0.1) is 16.6 Å². The molecule has 0 saturated heterocycles. The second kappa shape index (κ2) is 7.38. The summed E-state index contributed by atoms with van der Waals surface area (Å²) in [5, 5.41) is 15.7. The molecule has 0 bridgehead atoms. The third-order valence-corrected chi connectivity index (χ3v) is 3.35. The number of anilines is 1. The molecule has 3 N–H and O–H groups in total. The van der Waals surface area contributed by atoms with Gasteiger partial charge in [0.1, 0.15) is 5.60 Å². The van der Waals surface area contributed by atoms with Crippen molar-refractivity contribution in [3.8, 4) is 0 Å². The molecular formula is C15H20Cl2N2O4. The molecular weight excluding hydrogens is 343 g/mol. The molecule has 0 spiro atoms. The van der Waals surface area contributed by atoms with E-state index in [1.165, 1.54) is 19.1 Å². The average molecular weight is 363 g/mol. The smallest absolute Gasteiger partial charge is 0.340 e. The van der Waals surface area contributed by atoms with Gasteiger partial charge in [-0.3, -0.25) is 0 Å². The van der Waals surface area contributed by atoms with E-state index >= 15 is 0 Å². The van der Waals surface area contributed by atoms with Crippen LogP contribution < -0.4 is 10.6 Å². The number of ether oxygens (including phenoxy) is 1. The van der Waals surface area contributed by atoms with Crippen LogP contribution in [0.4, 0.5) is 10.5 Å². The van der Waals surface area contributed by atoms with Gasteiger partial charge in [-0.15, -0.1) is 0 Å². The van der Waals surface area contributed by atoms with Crippen LogP contribution >= 0.6 is 23.2 Å². The zero-order valence-electron chi connectivity index (χ0n) is 13.4. The molecule has 0 saturated carbocycles. The molecule has 6 nitrogen and oxygen atoms in total. The third kappa shape index (κ3) is 6.64. The lowest BCUT2D eigenvalue weighted by atomic mass is 10.1. The molecule has 1 aromatic rings. The Kier molecular flexibility index (Phi) is 6.27. The number of amides is 2. The monoisotopic (exact) mass is 362 g/mol. The highest BCUT2D eigenvalue weighted by Crippen LogP contribution is 2.24. The van der Waals surface area contributed by atoms with E-state index in [1.807, 2.05) is 0 Å². The topological polar surface area (TPSA) is 87.7 Å². The van der Waals surface area contributed by atoms with Crippen molar-refractivity contribution in [3.05, 3.63) is 28.2 Å². The van der Waals surface area contributed by atoms with Gasteiger partial charge in [0.25, 0.3) is 0 Å². The number of carbonyl (C=O) groups excluding carboxylic acids is 2. The van der Waals surface area contributed by atoms with Crippen LogP contribution in [0.3, 0.4) is 0 Å². The second-order valence-corrected chi connectivity index (χ2v) is 7.03. The first-order chi connectivity index (χ1) is 10.4. The van der Waals surface area contributed by atoms with Crippen LogP contribution in [-0.4, -0.2) is 34.9 Å². The van der Waals surface area contributed by atoms with Crippen LogP contribution in [0.2, 0.25) is 10.0 Å². The minimum Gasteiger partial charge on any atom is -0.458 e. The molecule has 1 atom stereocenters. The Bertz CT molecular complexity index is 598. The Hall–Kier alpha value is -1.50. The van der Waals surface area contributed by atoms with E-state index in [9.17, 15) is 14.7 Å². The van der Waals surface area contributed by atoms with Crippen molar-refractivity contribution >= 4 is 40.9 Å². The van der Waals surface area contributed by atoms with Gasteiger partial charge in [-0.25, -0.2) is 9.59 Å². The number of nitrogens with one attached hydrogen (secondary N) is 2. The first-order valence-electron chi connectivity index (χ1n) is 6.86. The number of benzene rings is 1. The number of halogens is 2. The maximum Gasteiger partial charge on any atom is 0.340 e. The summed E-state index contributed by atoms with van der Waals surface area (Å²) in [6, 6.07) is 3.98. The summed E-state index contributed by atoms with van der Waals surface area (Å²) in [6.45, 7) is 6.01. The fourth-order valence-electron chi connectivity index (χ4n) is 1.46. The van der Waals surface area contributed by atoms with Gasteiger partial charge in [0, 0.05) is 5.69 Å². The van der Waals surface area contributed by atoms with E-state index in [4.69, 9.17) is 27.9 Å². The van der Waals surface area contributed by atoms with Crippen molar-refractivity contribution < 1.29 is 19.4 Å². The van der Waals surface area contributed by atoms with Gasteiger partial charge >= 0.3 is 12.0 Å². The molecule has 0 unspecified atom stereocenters. The van der Waals surface area contributed by atoms with Gasteiger partial charge in [0.2, 0.25) is 0 Å². The summed E-state index contributed by atoms with van der Waals surface area (Å²) in [4.78, 5) is 23.7. The van der Waals surface area contributed by atoms with Gasteiger partial charge < -0.3 is 20.5 Å². The molecule has 0 aromatic heterocycles. The molecule has 128 valence electrons. The van der Waals surface area contributed by atoms with Crippen molar-refractivity contribution in [3.63, 3.8) is 0 Å². The van der Waals surface area contributed by atoms with Crippen molar-refractivity contribution in [1.29, 1.82) is 0 Å². The number of aliphatic hydroxyl groups is 1. The van der Waals surface area contributed by atoms with E-state index in [0.29, 0.717) is 15.7 Å². The maximum absolute atomic E-state index is 11.9. The third-order valence-electron chi connectivity index (χ3n) is 2.61. The van der Waals surface area contributed by atoms with Crippen molar-refractivity contribution in [1.82, 2.24) is 5.32 Å². The number of esters is 1. The highest BCUT2D eigenvalue weighted by atomic mass is 35.5. The van der Waals surface area contributed by atoms with Crippen LogP contribution in [0.1, 0.15) is 27.7 Å². The minimum absolute atomic E-state index is 0.296. The Morgan fingerprint density at radius 1 is 1.17 bits per heavy atom. The van der Waals surface area contributed by atoms with Crippen molar-refractivity contribution in [2.24, 2.45) is 0 Å².